The molecule has 0 aliphatic heterocycles. The molecule has 0 spiro atoms. The van der Waals surface area contributed by atoms with Gasteiger partial charge in [0.25, 0.3) is 0 Å². The Morgan fingerprint density at radius 2 is 1.90 bits per heavy atom. The Balaban J connectivity index is 1.79. The Bertz CT molecular complexity index is 719. The van der Waals surface area contributed by atoms with Crippen LogP contribution in [0.15, 0.2) is 47.8 Å². The molecule has 1 aromatic heterocycles. The van der Waals surface area contributed by atoms with Gasteiger partial charge in [0.1, 0.15) is 18.1 Å². The van der Waals surface area contributed by atoms with Gasteiger partial charge in [0, 0.05) is 16.8 Å². The van der Waals surface area contributed by atoms with Crippen molar-refractivity contribution >= 4 is 21.4 Å². The van der Waals surface area contributed by atoms with Crippen LogP contribution in [0.4, 0.5) is 0 Å². The molecule has 3 nitrogen and oxygen atoms in total. The molecular weight excluding hydrogens is 270 g/mol. The van der Waals surface area contributed by atoms with Crippen LogP contribution in [-0.2, 0) is 13.2 Å². The third-order valence-corrected chi connectivity index (χ3v) is 4.18. The number of hydrogen-bond acceptors (Lipinski definition) is 4. The summed E-state index contributed by atoms with van der Waals surface area (Å²) in [5, 5.41) is 12.6. The third kappa shape index (κ3) is 2.61. The SMILES string of the molecule is NCc1ccc2c(COc3ccc(O)cc3)csc2c1. The molecule has 3 aromatic rings. The number of benzene rings is 2. The van der Waals surface area contributed by atoms with Gasteiger partial charge in [-0.3, -0.25) is 0 Å². The number of ether oxygens (including phenoxy) is 1. The molecule has 0 fully saturated rings. The summed E-state index contributed by atoms with van der Waals surface area (Å²) in [4.78, 5) is 0. The summed E-state index contributed by atoms with van der Waals surface area (Å²) in [6.45, 7) is 1.08. The van der Waals surface area contributed by atoms with Crippen molar-refractivity contribution in [3.63, 3.8) is 0 Å². The largest absolute Gasteiger partial charge is 0.508 e. The Kier molecular flexibility index (Phi) is 3.58. The van der Waals surface area contributed by atoms with Gasteiger partial charge in [0.2, 0.25) is 0 Å². The molecule has 0 radical (unpaired) electrons. The predicted molar refractivity (Wildman–Crippen MR) is 82.2 cm³/mol. The smallest absolute Gasteiger partial charge is 0.120 e. The monoisotopic (exact) mass is 285 g/mol. The van der Waals surface area contributed by atoms with Gasteiger partial charge in [-0.15, -0.1) is 11.3 Å². The first-order valence-electron chi connectivity index (χ1n) is 6.37. The molecule has 1 heterocycles. The molecule has 0 amide bonds. The van der Waals surface area contributed by atoms with Crippen molar-refractivity contribution in [1.82, 2.24) is 0 Å². The number of aromatic hydroxyl groups is 1. The molecule has 4 heteroatoms. The zero-order chi connectivity index (χ0) is 13.9. The summed E-state index contributed by atoms with van der Waals surface area (Å²) in [6.07, 6.45) is 0. The van der Waals surface area contributed by atoms with Crippen LogP contribution in [0, 0.1) is 0 Å². The highest BCUT2D eigenvalue weighted by Gasteiger charge is 2.05. The van der Waals surface area contributed by atoms with Crippen molar-refractivity contribution in [1.29, 1.82) is 0 Å². The zero-order valence-electron chi connectivity index (χ0n) is 10.9. The highest BCUT2D eigenvalue weighted by Crippen LogP contribution is 2.28. The molecule has 0 aliphatic carbocycles. The molecule has 0 saturated carbocycles. The second kappa shape index (κ2) is 5.53. The number of rotatable bonds is 4. The molecule has 0 saturated heterocycles. The van der Waals surface area contributed by atoms with E-state index < -0.39 is 0 Å². The van der Waals surface area contributed by atoms with Crippen molar-refractivity contribution in [3.05, 3.63) is 59.0 Å². The van der Waals surface area contributed by atoms with E-state index in [-0.39, 0.29) is 5.75 Å². The summed E-state index contributed by atoms with van der Waals surface area (Å²) in [7, 11) is 0. The van der Waals surface area contributed by atoms with Crippen LogP contribution in [0.2, 0.25) is 0 Å². The first-order valence-corrected chi connectivity index (χ1v) is 7.25. The molecular formula is C16H15NO2S. The summed E-state index contributed by atoms with van der Waals surface area (Å²) in [5.41, 5.74) is 7.97. The van der Waals surface area contributed by atoms with E-state index in [1.807, 2.05) is 0 Å². The van der Waals surface area contributed by atoms with Crippen molar-refractivity contribution in [2.45, 2.75) is 13.2 Å². The fourth-order valence-corrected chi connectivity index (χ4v) is 3.08. The number of phenolic OH excluding ortho intramolecular Hbond substituents is 1. The summed E-state index contributed by atoms with van der Waals surface area (Å²) < 4.78 is 6.97. The molecule has 0 unspecified atom stereocenters. The normalized spacial score (nSPS) is 10.8. The number of phenols is 1. The quantitative estimate of drug-likeness (QED) is 0.769. The molecule has 3 rings (SSSR count). The number of nitrogens with two attached hydrogens (primary N) is 1. The van der Waals surface area contributed by atoms with Gasteiger partial charge in [-0.1, -0.05) is 12.1 Å². The van der Waals surface area contributed by atoms with Gasteiger partial charge >= 0.3 is 0 Å². The van der Waals surface area contributed by atoms with Gasteiger partial charge in [-0.25, -0.2) is 0 Å². The number of hydrogen-bond donors (Lipinski definition) is 2. The van der Waals surface area contributed by atoms with Gasteiger partial charge in [0.05, 0.1) is 0 Å². The summed E-state index contributed by atoms with van der Waals surface area (Å²) in [5.74, 6) is 0.994. The van der Waals surface area contributed by atoms with Crippen molar-refractivity contribution in [3.8, 4) is 11.5 Å². The molecule has 20 heavy (non-hydrogen) atoms. The molecule has 102 valence electrons. The van der Waals surface area contributed by atoms with E-state index in [0.717, 1.165) is 11.3 Å². The van der Waals surface area contributed by atoms with E-state index in [9.17, 15) is 5.11 Å². The van der Waals surface area contributed by atoms with Crippen LogP contribution in [0.25, 0.3) is 10.1 Å². The lowest BCUT2D eigenvalue weighted by Crippen LogP contribution is -1.96. The zero-order valence-corrected chi connectivity index (χ0v) is 11.7. The Morgan fingerprint density at radius 1 is 1.10 bits per heavy atom. The lowest BCUT2D eigenvalue weighted by atomic mass is 10.1. The standard InChI is InChI=1S/C16H15NO2S/c17-8-11-1-6-15-12(10-20-16(15)7-11)9-19-14-4-2-13(18)3-5-14/h1-7,10,18H,8-9,17H2. The van der Waals surface area contributed by atoms with Gasteiger partial charge in [-0.05, 0) is 46.7 Å². The van der Waals surface area contributed by atoms with Gasteiger partial charge in [-0.2, -0.15) is 0 Å². The average molecular weight is 285 g/mol. The summed E-state index contributed by atoms with van der Waals surface area (Å²) >= 11 is 1.71. The topological polar surface area (TPSA) is 55.5 Å². The van der Waals surface area contributed by atoms with Crippen molar-refractivity contribution in [2.75, 3.05) is 0 Å². The van der Waals surface area contributed by atoms with Crippen LogP contribution in [0.3, 0.4) is 0 Å². The fourth-order valence-electron chi connectivity index (χ4n) is 2.07. The maximum atomic E-state index is 9.24. The van der Waals surface area contributed by atoms with E-state index in [2.05, 4.69) is 23.6 Å². The Morgan fingerprint density at radius 3 is 2.65 bits per heavy atom. The Hall–Kier alpha value is -2.04. The maximum Gasteiger partial charge on any atom is 0.120 e. The van der Waals surface area contributed by atoms with E-state index in [4.69, 9.17) is 10.5 Å². The highest BCUT2D eigenvalue weighted by molar-refractivity contribution is 7.17. The van der Waals surface area contributed by atoms with Crippen molar-refractivity contribution in [2.24, 2.45) is 5.73 Å². The van der Waals surface area contributed by atoms with Crippen LogP contribution in [-0.4, -0.2) is 5.11 Å². The fraction of sp³-hybridized carbons (Fsp3) is 0.125. The first kappa shape index (κ1) is 13.0. The van der Waals surface area contributed by atoms with Gasteiger partial charge in [0.15, 0.2) is 0 Å². The van der Waals surface area contributed by atoms with Crippen molar-refractivity contribution < 1.29 is 9.84 Å². The summed E-state index contributed by atoms with van der Waals surface area (Å²) in [6, 6.07) is 13.0. The Labute approximate surface area is 121 Å². The van der Waals surface area contributed by atoms with Crippen LogP contribution < -0.4 is 10.5 Å². The molecule has 0 aliphatic rings. The van der Waals surface area contributed by atoms with E-state index >= 15 is 0 Å². The lowest BCUT2D eigenvalue weighted by Gasteiger charge is -2.05. The highest BCUT2D eigenvalue weighted by atomic mass is 32.1. The second-order valence-corrected chi connectivity index (χ2v) is 5.49. The number of fused-ring (bicyclic) bond motifs is 1. The first-order chi connectivity index (χ1) is 9.76. The third-order valence-electron chi connectivity index (χ3n) is 3.19. The van der Waals surface area contributed by atoms with E-state index in [0.29, 0.717) is 13.2 Å². The average Bonchev–Trinajstić information content (AvgIpc) is 2.89. The molecule has 0 atom stereocenters. The second-order valence-electron chi connectivity index (χ2n) is 4.58. The minimum absolute atomic E-state index is 0.243. The lowest BCUT2D eigenvalue weighted by molar-refractivity contribution is 0.307. The van der Waals surface area contributed by atoms with E-state index in [1.54, 1.807) is 35.6 Å². The van der Waals surface area contributed by atoms with E-state index in [1.165, 1.54) is 15.6 Å². The van der Waals surface area contributed by atoms with Crippen LogP contribution >= 0.6 is 11.3 Å². The number of thiophene rings is 1. The molecule has 0 bridgehead atoms. The molecule has 2 aromatic carbocycles. The molecule has 3 N–H and O–H groups in total. The van der Waals surface area contributed by atoms with Gasteiger partial charge < -0.3 is 15.6 Å². The predicted octanol–water partition coefficient (Wildman–Crippen LogP) is 3.64. The minimum atomic E-state index is 0.243. The maximum absolute atomic E-state index is 9.24. The van der Waals surface area contributed by atoms with Crippen LogP contribution in [0.1, 0.15) is 11.1 Å². The van der Waals surface area contributed by atoms with Crippen LogP contribution in [0.5, 0.6) is 11.5 Å². The minimum Gasteiger partial charge on any atom is -0.508 e.